The molecule has 1 aliphatic rings. The van der Waals surface area contributed by atoms with Crippen molar-refractivity contribution in [3.8, 4) is 0 Å². The number of halogens is 2. The number of Topliss-reactive ketones (excluding diaryl/α,β-unsaturated/α-hetero) is 1. The number of carbonyl (C=O) groups is 1. The largest absolute Gasteiger partial charge is 0.373 e. The molecule has 1 saturated carbocycles. The molecular formula is C22H22ClFN2O2. The van der Waals surface area contributed by atoms with Crippen molar-refractivity contribution in [2.24, 2.45) is 13.0 Å². The van der Waals surface area contributed by atoms with Gasteiger partial charge in [-0.25, -0.2) is 9.37 Å². The molecule has 0 bridgehead atoms. The zero-order valence-electron chi connectivity index (χ0n) is 16.0. The fraction of sp³-hybridized carbons (Fsp3) is 0.364. The second-order valence-electron chi connectivity index (χ2n) is 7.57. The van der Waals surface area contributed by atoms with E-state index in [0.717, 1.165) is 24.0 Å². The van der Waals surface area contributed by atoms with Crippen molar-refractivity contribution >= 4 is 28.4 Å². The molecule has 0 atom stereocenters. The Labute approximate surface area is 168 Å². The van der Waals surface area contributed by atoms with Crippen molar-refractivity contribution in [2.45, 2.75) is 26.2 Å². The standard InChI is InChI=1S/C22H22ClFN2O2/c1-13-7-16(23)6-5-15(13)8-18-17(20(27)11-28-10-14-3-4-14)9-19-22(21(18)24)25-12-26(19)2/h5-7,9,12,14H,3-4,8,10-11H2,1-2H3. The Morgan fingerprint density at radius 1 is 1.36 bits per heavy atom. The highest BCUT2D eigenvalue weighted by Crippen LogP contribution is 2.30. The molecule has 2 aromatic carbocycles. The van der Waals surface area contributed by atoms with Gasteiger partial charge in [-0.2, -0.15) is 0 Å². The van der Waals surface area contributed by atoms with Crippen molar-refractivity contribution in [1.82, 2.24) is 9.55 Å². The highest BCUT2D eigenvalue weighted by Gasteiger charge is 2.24. The summed E-state index contributed by atoms with van der Waals surface area (Å²) in [6.45, 7) is 2.48. The van der Waals surface area contributed by atoms with Gasteiger partial charge in [0, 0.05) is 29.6 Å². The second-order valence-corrected chi connectivity index (χ2v) is 8.01. The Hall–Kier alpha value is -2.24. The first-order valence-electron chi connectivity index (χ1n) is 9.42. The van der Waals surface area contributed by atoms with Crippen LogP contribution in [0.3, 0.4) is 0 Å². The maximum absolute atomic E-state index is 15.4. The Balaban J connectivity index is 1.73. The van der Waals surface area contributed by atoms with Gasteiger partial charge in [0.1, 0.15) is 12.1 Å². The molecule has 1 aliphatic carbocycles. The predicted molar refractivity (Wildman–Crippen MR) is 108 cm³/mol. The lowest BCUT2D eigenvalue weighted by molar-refractivity contribution is 0.0738. The van der Waals surface area contributed by atoms with Crippen LogP contribution in [0, 0.1) is 18.7 Å². The molecule has 0 amide bonds. The topological polar surface area (TPSA) is 44.1 Å². The van der Waals surface area contributed by atoms with Crippen molar-refractivity contribution in [2.75, 3.05) is 13.2 Å². The van der Waals surface area contributed by atoms with Crippen LogP contribution in [0.4, 0.5) is 4.39 Å². The quantitative estimate of drug-likeness (QED) is 0.531. The Morgan fingerprint density at radius 3 is 2.86 bits per heavy atom. The zero-order chi connectivity index (χ0) is 19.8. The number of aryl methyl sites for hydroxylation is 2. The molecule has 0 spiro atoms. The fourth-order valence-corrected chi connectivity index (χ4v) is 3.64. The molecule has 0 aliphatic heterocycles. The van der Waals surface area contributed by atoms with Crippen molar-refractivity contribution < 1.29 is 13.9 Å². The summed E-state index contributed by atoms with van der Waals surface area (Å²) in [5.74, 6) is -0.0810. The molecule has 1 fully saturated rings. The average molecular weight is 401 g/mol. The molecule has 0 unspecified atom stereocenters. The lowest BCUT2D eigenvalue weighted by atomic mass is 9.94. The summed E-state index contributed by atoms with van der Waals surface area (Å²) in [5.41, 5.74) is 3.47. The summed E-state index contributed by atoms with van der Waals surface area (Å²) in [4.78, 5) is 17.1. The minimum Gasteiger partial charge on any atom is -0.373 e. The van der Waals surface area contributed by atoms with Gasteiger partial charge >= 0.3 is 0 Å². The number of carbonyl (C=O) groups excluding carboxylic acids is 1. The molecule has 6 heteroatoms. The van der Waals surface area contributed by atoms with Crippen LogP contribution in [0.5, 0.6) is 0 Å². The normalized spacial score (nSPS) is 14.0. The molecule has 4 nitrogen and oxygen atoms in total. The molecule has 146 valence electrons. The molecule has 3 aromatic rings. The van der Waals surface area contributed by atoms with Crippen LogP contribution < -0.4 is 0 Å². The van der Waals surface area contributed by atoms with Crippen LogP contribution in [-0.4, -0.2) is 28.5 Å². The van der Waals surface area contributed by atoms with E-state index in [1.54, 1.807) is 30.1 Å². The first-order valence-corrected chi connectivity index (χ1v) is 9.80. The number of imidazole rings is 1. The van der Waals surface area contributed by atoms with Gasteiger partial charge in [-0.15, -0.1) is 0 Å². The number of ether oxygens (including phenoxy) is 1. The number of hydrogen-bond donors (Lipinski definition) is 0. The van der Waals surface area contributed by atoms with Gasteiger partial charge in [0.25, 0.3) is 0 Å². The number of aromatic nitrogens is 2. The number of benzene rings is 2. The van der Waals surface area contributed by atoms with Crippen molar-refractivity contribution in [3.05, 3.63) is 63.7 Å². The summed E-state index contributed by atoms with van der Waals surface area (Å²) in [7, 11) is 1.79. The third-order valence-electron chi connectivity index (χ3n) is 5.32. The molecule has 1 aromatic heterocycles. The van der Waals surface area contributed by atoms with Gasteiger partial charge in [-0.1, -0.05) is 17.7 Å². The van der Waals surface area contributed by atoms with E-state index in [9.17, 15) is 4.79 Å². The molecule has 0 saturated heterocycles. The van der Waals surface area contributed by atoms with Crippen LogP contribution >= 0.6 is 11.6 Å². The summed E-state index contributed by atoms with van der Waals surface area (Å²) >= 11 is 6.04. The first-order chi connectivity index (χ1) is 13.4. The van der Waals surface area contributed by atoms with Crippen molar-refractivity contribution in [3.63, 3.8) is 0 Å². The maximum Gasteiger partial charge on any atom is 0.188 e. The highest BCUT2D eigenvalue weighted by molar-refractivity contribution is 6.30. The van der Waals surface area contributed by atoms with E-state index in [2.05, 4.69) is 4.98 Å². The summed E-state index contributed by atoms with van der Waals surface area (Å²) in [6, 6.07) is 7.22. The zero-order valence-corrected chi connectivity index (χ0v) is 16.7. The van der Waals surface area contributed by atoms with E-state index in [1.165, 1.54) is 0 Å². The van der Waals surface area contributed by atoms with E-state index < -0.39 is 5.82 Å². The van der Waals surface area contributed by atoms with Gasteiger partial charge in [0.2, 0.25) is 0 Å². The Bertz CT molecular complexity index is 1060. The molecule has 28 heavy (non-hydrogen) atoms. The van der Waals surface area contributed by atoms with E-state index in [0.29, 0.717) is 40.6 Å². The van der Waals surface area contributed by atoms with E-state index >= 15 is 4.39 Å². The Morgan fingerprint density at radius 2 is 2.14 bits per heavy atom. The molecule has 0 radical (unpaired) electrons. The van der Waals surface area contributed by atoms with E-state index in [1.807, 2.05) is 19.1 Å². The summed E-state index contributed by atoms with van der Waals surface area (Å²) in [5, 5.41) is 0.631. The minimum absolute atomic E-state index is 0.0358. The molecule has 0 N–H and O–H groups in total. The van der Waals surface area contributed by atoms with Gasteiger partial charge in [-0.3, -0.25) is 4.79 Å². The molecule has 4 rings (SSSR count). The van der Waals surface area contributed by atoms with E-state index in [-0.39, 0.29) is 17.9 Å². The number of nitrogens with zero attached hydrogens (tertiary/aromatic N) is 2. The van der Waals surface area contributed by atoms with Gasteiger partial charge < -0.3 is 9.30 Å². The third kappa shape index (κ3) is 3.82. The summed E-state index contributed by atoms with van der Waals surface area (Å²) in [6.07, 6.45) is 4.17. The fourth-order valence-electron chi connectivity index (χ4n) is 3.41. The van der Waals surface area contributed by atoms with E-state index in [4.69, 9.17) is 16.3 Å². The van der Waals surface area contributed by atoms with Crippen LogP contribution in [0.1, 0.15) is 39.9 Å². The summed E-state index contributed by atoms with van der Waals surface area (Å²) < 4.78 is 22.7. The predicted octanol–water partition coefficient (Wildman–Crippen LogP) is 4.87. The third-order valence-corrected chi connectivity index (χ3v) is 5.55. The average Bonchev–Trinajstić information content (AvgIpc) is 3.40. The number of fused-ring (bicyclic) bond motifs is 1. The number of rotatable bonds is 7. The highest BCUT2D eigenvalue weighted by atomic mass is 35.5. The van der Waals surface area contributed by atoms with Crippen LogP contribution in [0.2, 0.25) is 5.02 Å². The van der Waals surface area contributed by atoms with Crippen LogP contribution in [0.15, 0.2) is 30.6 Å². The van der Waals surface area contributed by atoms with Gasteiger partial charge in [0.15, 0.2) is 11.6 Å². The monoisotopic (exact) mass is 400 g/mol. The number of ketones is 1. The second kappa shape index (κ2) is 7.64. The maximum atomic E-state index is 15.4. The molecular weight excluding hydrogens is 379 g/mol. The van der Waals surface area contributed by atoms with Crippen LogP contribution in [0.25, 0.3) is 11.0 Å². The smallest absolute Gasteiger partial charge is 0.188 e. The molecule has 1 heterocycles. The lowest BCUT2D eigenvalue weighted by Gasteiger charge is -2.13. The lowest BCUT2D eigenvalue weighted by Crippen LogP contribution is -2.15. The number of hydrogen-bond acceptors (Lipinski definition) is 3. The van der Waals surface area contributed by atoms with Crippen molar-refractivity contribution in [1.29, 1.82) is 0 Å². The Kier molecular flexibility index (Phi) is 5.21. The van der Waals surface area contributed by atoms with Gasteiger partial charge in [-0.05, 0) is 55.0 Å². The van der Waals surface area contributed by atoms with Gasteiger partial charge in [0.05, 0.1) is 18.5 Å². The first kappa shape index (κ1) is 19.1. The SMILES string of the molecule is Cc1cc(Cl)ccc1Cc1c(C(=O)COCC2CC2)cc2c(ncn2C)c1F. The van der Waals surface area contributed by atoms with Crippen LogP contribution in [-0.2, 0) is 18.2 Å². The minimum atomic E-state index is -0.446.